The number of nitrogen functional groups attached to an aromatic ring is 1. The summed E-state index contributed by atoms with van der Waals surface area (Å²) in [5.41, 5.74) is 7.78. The lowest BCUT2D eigenvalue weighted by Crippen LogP contribution is -2.39. The van der Waals surface area contributed by atoms with Crippen molar-refractivity contribution in [1.29, 1.82) is 0 Å². The number of ether oxygens (including phenoxy) is 1. The minimum Gasteiger partial charge on any atom is -0.490 e. The summed E-state index contributed by atoms with van der Waals surface area (Å²) in [5, 5.41) is 12.5. The van der Waals surface area contributed by atoms with Crippen molar-refractivity contribution in [3.63, 3.8) is 0 Å². The van der Waals surface area contributed by atoms with Crippen LogP contribution in [0.5, 0.6) is 5.75 Å². The first-order valence-electron chi connectivity index (χ1n) is 11.8. The number of carbonyl (C=O) groups is 1. The molecular formula is C25H31ClFN5O3. The number of hydrogen-bond donors (Lipinski definition) is 3. The van der Waals surface area contributed by atoms with Crippen LogP contribution in [0.2, 0.25) is 5.02 Å². The van der Waals surface area contributed by atoms with Gasteiger partial charge >= 0.3 is 0 Å². The highest BCUT2D eigenvalue weighted by molar-refractivity contribution is 6.31. The average Bonchev–Trinajstić information content (AvgIpc) is 3.14. The molecule has 2 heterocycles. The highest BCUT2D eigenvalue weighted by atomic mass is 35.5. The number of aliphatic hydroxyl groups excluding tert-OH is 1. The van der Waals surface area contributed by atoms with Gasteiger partial charge in [-0.25, -0.2) is 14.4 Å². The molecular weight excluding hydrogens is 473 g/mol. The third-order valence-electron chi connectivity index (χ3n) is 6.45. The topological polar surface area (TPSA) is 115 Å². The zero-order chi connectivity index (χ0) is 25.4. The lowest BCUT2D eigenvalue weighted by atomic mass is 9.92. The van der Waals surface area contributed by atoms with E-state index < -0.39 is 17.6 Å². The minimum absolute atomic E-state index is 0.138. The molecule has 3 aromatic rings. The van der Waals surface area contributed by atoms with E-state index in [4.69, 9.17) is 27.1 Å². The number of carbonyl (C=O) groups excluding carboxylic acids is 1. The van der Waals surface area contributed by atoms with Gasteiger partial charge in [-0.2, -0.15) is 0 Å². The number of nitrogens with two attached hydrogens (primary N) is 1. The Kier molecular flexibility index (Phi) is 7.19. The molecule has 1 saturated carbocycles. The van der Waals surface area contributed by atoms with Crippen LogP contribution in [-0.4, -0.2) is 43.6 Å². The summed E-state index contributed by atoms with van der Waals surface area (Å²) >= 11 is 6.31. The van der Waals surface area contributed by atoms with Crippen molar-refractivity contribution in [2.45, 2.75) is 77.5 Å². The molecule has 1 atom stereocenters. The van der Waals surface area contributed by atoms with Gasteiger partial charge in [-0.15, -0.1) is 0 Å². The Balaban J connectivity index is 1.81. The molecule has 1 aliphatic carbocycles. The molecule has 1 amide bonds. The number of fused-ring (bicyclic) bond motifs is 1. The van der Waals surface area contributed by atoms with E-state index in [1.165, 1.54) is 6.07 Å². The van der Waals surface area contributed by atoms with Crippen LogP contribution in [0.15, 0.2) is 18.5 Å². The third-order valence-corrected chi connectivity index (χ3v) is 6.73. The molecule has 8 nitrogen and oxygen atoms in total. The molecule has 4 rings (SSSR count). The highest BCUT2D eigenvalue weighted by Gasteiger charge is 2.31. The number of rotatable bonds is 6. The predicted molar refractivity (Wildman–Crippen MR) is 133 cm³/mol. The minimum atomic E-state index is -0.829. The quantitative estimate of drug-likeness (QED) is 0.459. The number of amides is 1. The molecule has 0 spiro atoms. The first kappa shape index (κ1) is 25.2. The number of halogens is 2. The summed E-state index contributed by atoms with van der Waals surface area (Å²) in [4.78, 5) is 22.2. The molecule has 1 aliphatic rings. The van der Waals surface area contributed by atoms with Gasteiger partial charge in [-0.3, -0.25) is 9.20 Å². The fourth-order valence-electron chi connectivity index (χ4n) is 4.71. The molecule has 0 unspecified atom stereocenters. The fourth-order valence-corrected chi connectivity index (χ4v) is 4.92. The van der Waals surface area contributed by atoms with Crippen LogP contribution in [-0.2, 0) is 0 Å². The Morgan fingerprint density at radius 1 is 1.31 bits per heavy atom. The second-order valence-corrected chi connectivity index (χ2v) is 9.83. The van der Waals surface area contributed by atoms with Crippen molar-refractivity contribution in [2.24, 2.45) is 0 Å². The Morgan fingerprint density at radius 2 is 2.00 bits per heavy atom. The second kappa shape index (κ2) is 9.99. The van der Waals surface area contributed by atoms with E-state index in [0.717, 1.165) is 0 Å². The van der Waals surface area contributed by atoms with Crippen LogP contribution in [0, 0.1) is 12.7 Å². The number of nitrogens with one attached hydrogen (secondary N) is 1. The molecule has 35 heavy (non-hydrogen) atoms. The number of imidazole rings is 1. The van der Waals surface area contributed by atoms with E-state index in [2.05, 4.69) is 10.3 Å². The number of aromatic nitrogens is 3. The van der Waals surface area contributed by atoms with Gasteiger partial charge in [0, 0.05) is 29.9 Å². The lowest BCUT2D eigenvalue weighted by molar-refractivity contribution is 0.0858. The highest BCUT2D eigenvalue weighted by Crippen LogP contribution is 2.40. The maximum atomic E-state index is 15.4. The summed E-state index contributed by atoms with van der Waals surface area (Å²) < 4.78 is 23.3. The molecule has 10 heteroatoms. The number of benzene rings is 1. The smallest absolute Gasteiger partial charge is 0.258 e. The molecule has 0 bridgehead atoms. The normalized spacial score (nSPS) is 19.2. The van der Waals surface area contributed by atoms with Crippen LogP contribution in [0.3, 0.4) is 0 Å². The van der Waals surface area contributed by atoms with Gasteiger partial charge in [0.1, 0.15) is 28.5 Å². The van der Waals surface area contributed by atoms with Crippen LogP contribution >= 0.6 is 11.6 Å². The summed E-state index contributed by atoms with van der Waals surface area (Å²) in [7, 11) is 0. The van der Waals surface area contributed by atoms with Crippen LogP contribution in [0.1, 0.15) is 79.8 Å². The number of anilines is 1. The van der Waals surface area contributed by atoms with Crippen molar-refractivity contribution < 1.29 is 19.0 Å². The third kappa shape index (κ3) is 4.92. The first-order chi connectivity index (χ1) is 16.6. The molecule has 2 aromatic heterocycles. The maximum Gasteiger partial charge on any atom is 0.258 e. The Labute approximate surface area is 208 Å². The van der Waals surface area contributed by atoms with E-state index in [-0.39, 0.29) is 34.6 Å². The van der Waals surface area contributed by atoms with E-state index in [9.17, 15) is 9.90 Å². The van der Waals surface area contributed by atoms with Crippen LogP contribution in [0.25, 0.3) is 5.52 Å². The molecule has 1 fully saturated rings. The molecule has 4 N–H and O–H groups in total. The molecule has 0 aliphatic heterocycles. The van der Waals surface area contributed by atoms with Gasteiger partial charge < -0.3 is 20.9 Å². The SMILES string of the molecule is Cc1nc([C@@H](C)c2cc(Cl)c(F)c(C(=O)N[C@H]3CC[C@@H](O)CC3)c2OC(C)C)n2ccnc(N)c12. The van der Waals surface area contributed by atoms with Gasteiger partial charge in [-0.05, 0) is 52.5 Å². The summed E-state index contributed by atoms with van der Waals surface area (Å²) in [5.74, 6) is -0.711. The van der Waals surface area contributed by atoms with Gasteiger partial charge in [0.05, 0.1) is 22.9 Å². The van der Waals surface area contributed by atoms with Crippen molar-refractivity contribution in [2.75, 3.05) is 5.73 Å². The Morgan fingerprint density at radius 3 is 2.66 bits per heavy atom. The second-order valence-electron chi connectivity index (χ2n) is 9.42. The standard InChI is InChI=1S/C25H31ClFN5O3/c1-12(2)35-22-17(13(3)24-30-14(4)21-23(28)29-9-10-32(21)24)11-18(26)20(27)19(22)25(34)31-15-5-7-16(33)8-6-15/h9-13,15-16,33H,5-8H2,1-4H3,(H2,28,29)(H,31,34)/t13-,15-,16+/m0/s1. The number of hydrogen-bond acceptors (Lipinski definition) is 6. The van der Waals surface area contributed by atoms with E-state index >= 15 is 4.39 Å². The fraction of sp³-hybridized carbons (Fsp3) is 0.480. The van der Waals surface area contributed by atoms with Crippen molar-refractivity contribution in [1.82, 2.24) is 19.7 Å². The van der Waals surface area contributed by atoms with Crippen molar-refractivity contribution >= 4 is 28.8 Å². The molecule has 0 radical (unpaired) electrons. The lowest BCUT2D eigenvalue weighted by Gasteiger charge is -2.27. The summed E-state index contributed by atoms with van der Waals surface area (Å²) in [6.07, 6.45) is 5.07. The predicted octanol–water partition coefficient (Wildman–Crippen LogP) is 4.38. The van der Waals surface area contributed by atoms with Crippen molar-refractivity contribution in [3.8, 4) is 5.75 Å². The van der Waals surface area contributed by atoms with E-state index in [0.29, 0.717) is 54.1 Å². The Bertz CT molecular complexity index is 1250. The number of aliphatic hydroxyl groups is 1. The van der Waals surface area contributed by atoms with Crippen molar-refractivity contribution in [3.05, 3.63) is 51.9 Å². The zero-order valence-electron chi connectivity index (χ0n) is 20.3. The summed E-state index contributed by atoms with van der Waals surface area (Å²) in [6, 6.07) is 1.33. The van der Waals surface area contributed by atoms with Crippen LogP contribution in [0.4, 0.5) is 10.2 Å². The van der Waals surface area contributed by atoms with Crippen LogP contribution < -0.4 is 15.8 Å². The van der Waals surface area contributed by atoms with Gasteiger partial charge in [0.2, 0.25) is 0 Å². The zero-order valence-corrected chi connectivity index (χ0v) is 21.1. The molecule has 1 aromatic carbocycles. The molecule has 188 valence electrons. The first-order valence-corrected chi connectivity index (χ1v) is 12.2. The van der Waals surface area contributed by atoms with Gasteiger partial charge in [0.25, 0.3) is 5.91 Å². The summed E-state index contributed by atoms with van der Waals surface area (Å²) in [6.45, 7) is 7.36. The Hall–Kier alpha value is -2.91. The largest absolute Gasteiger partial charge is 0.490 e. The van der Waals surface area contributed by atoms with E-state index in [1.54, 1.807) is 12.4 Å². The van der Waals surface area contributed by atoms with Gasteiger partial charge in [0.15, 0.2) is 5.82 Å². The van der Waals surface area contributed by atoms with Gasteiger partial charge in [-0.1, -0.05) is 18.5 Å². The molecule has 0 saturated heterocycles. The maximum absolute atomic E-state index is 15.4. The monoisotopic (exact) mass is 503 g/mol. The number of nitrogens with zero attached hydrogens (tertiary/aromatic N) is 3. The number of aryl methyl sites for hydroxylation is 1. The average molecular weight is 504 g/mol. The van der Waals surface area contributed by atoms with E-state index in [1.807, 2.05) is 32.1 Å².